The van der Waals surface area contributed by atoms with Crippen LogP contribution in [0.5, 0.6) is 0 Å². The number of fused-ring (bicyclic) bond motifs is 1. The fourth-order valence-corrected chi connectivity index (χ4v) is 2.18. The molecule has 1 aliphatic heterocycles. The number of likely N-dealkylation sites (tertiary alicyclic amines) is 1. The normalized spacial score (nSPS) is 23.7. The molecule has 0 spiro atoms. The summed E-state index contributed by atoms with van der Waals surface area (Å²) in [7, 11) is 0. The first-order valence-corrected chi connectivity index (χ1v) is 6.12. The number of hydrogen-bond acceptors (Lipinski definition) is 3. The Hall–Kier alpha value is -1.32. The lowest BCUT2D eigenvalue weighted by molar-refractivity contribution is -0.114. The summed E-state index contributed by atoms with van der Waals surface area (Å²) in [6.45, 7) is 6.98. The number of carbonyl (C=O) groups excluding carboxylic acids is 2. The Morgan fingerprint density at radius 1 is 1.59 bits per heavy atom. The van der Waals surface area contributed by atoms with Crippen LogP contribution in [-0.4, -0.2) is 35.5 Å². The van der Waals surface area contributed by atoms with Crippen molar-refractivity contribution in [2.45, 2.75) is 39.2 Å². The predicted octanol–water partition coefficient (Wildman–Crippen LogP) is 2.14. The Balaban J connectivity index is 1.96. The van der Waals surface area contributed by atoms with Crippen LogP contribution in [0.15, 0.2) is 11.6 Å². The average Bonchev–Trinajstić information content (AvgIpc) is 2.74. The molecule has 0 N–H and O–H groups in total. The molecule has 1 atom stereocenters. The minimum absolute atomic E-state index is 0.187. The van der Waals surface area contributed by atoms with Crippen molar-refractivity contribution in [1.29, 1.82) is 0 Å². The summed E-state index contributed by atoms with van der Waals surface area (Å²) in [6, 6.07) is 0. The Morgan fingerprint density at radius 2 is 2.29 bits per heavy atom. The maximum absolute atomic E-state index is 11.9. The first kappa shape index (κ1) is 12.1. The van der Waals surface area contributed by atoms with Crippen LogP contribution in [0.4, 0.5) is 4.79 Å². The molecule has 2 rings (SSSR count). The fraction of sp³-hybridized carbons (Fsp3) is 0.692. The van der Waals surface area contributed by atoms with Gasteiger partial charge in [0, 0.05) is 25.4 Å². The van der Waals surface area contributed by atoms with Crippen molar-refractivity contribution >= 4 is 11.9 Å². The van der Waals surface area contributed by atoms with Gasteiger partial charge in [-0.15, -0.1) is 0 Å². The Kier molecular flexibility index (Phi) is 2.98. The Morgan fingerprint density at radius 3 is 2.88 bits per heavy atom. The molecule has 17 heavy (non-hydrogen) atoms. The van der Waals surface area contributed by atoms with Crippen LogP contribution in [0, 0.1) is 5.92 Å². The lowest BCUT2D eigenvalue weighted by Crippen LogP contribution is -2.36. The molecule has 1 fully saturated rings. The van der Waals surface area contributed by atoms with Gasteiger partial charge in [0.25, 0.3) is 0 Å². The minimum atomic E-state index is -0.418. The zero-order chi connectivity index (χ0) is 12.6. The lowest BCUT2D eigenvalue weighted by Gasteiger charge is -2.26. The van der Waals surface area contributed by atoms with Gasteiger partial charge in [0.05, 0.1) is 0 Å². The molecule has 1 heterocycles. The van der Waals surface area contributed by atoms with E-state index in [4.69, 9.17) is 4.74 Å². The van der Waals surface area contributed by atoms with Crippen molar-refractivity contribution in [3.8, 4) is 0 Å². The van der Waals surface area contributed by atoms with Crippen LogP contribution in [0.25, 0.3) is 0 Å². The fourth-order valence-electron chi connectivity index (χ4n) is 2.18. The molecule has 0 saturated carbocycles. The van der Waals surface area contributed by atoms with Gasteiger partial charge in [0.2, 0.25) is 0 Å². The molecule has 4 nitrogen and oxygen atoms in total. The number of nitrogens with zero attached hydrogens (tertiary/aromatic N) is 1. The minimum Gasteiger partial charge on any atom is -0.443 e. The summed E-state index contributed by atoms with van der Waals surface area (Å²) in [6.07, 6.45) is 2.76. The van der Waals surface area contributed by atoms with Crippen molar-refractivity contribution in [2.75, 3.05) is 13.1 Å². The van der Waals surface area contributed by atoms with Crippen LogP contribution in [0.2, 0.25) is 0 Å². The molecule has 1 amide bonds. The van der Waals surface area contributed by atoms with Crippen LogP contribution in [0.1, 0.15) is 33.6 Å². The molecule has 0 aromatic carbocycles. The summed E-state index contributed by atoms with van der Waals surface area (Å²) in [5.74, 6) is 0.423. The summed E-state index contributed by atoms with van der Waals surface area (Å²) in [4.78, 5) is 24.8. The molecule has 4 heteroatoms. The van der Waals surface area contributed by atoms with E-state index in [1.807, 2.05) is 20.8 Å². The van der Waals surface area contributed by atoms with Gasteiger partial charge in [-0.05, 0) is 31.9 Å². The van der Waals surface area contributed by atoms with Crippen LogP contribution >= 0.6 is 0 Å². The zero-order valence-electron chi connectivity index (χ0n) is 10.7. The molecule has 1 aliphatic carbocycles. The Labute approximate surface area is 102 Å². The quantitative estimate of drug-likeness (QED) is 0.739. The van der Waals surface area contributed by atoms with E-state index < -0.39 is 5.60 Å². The van der Waals surface area contributed by atoms with E-state index in [1.165, 1.54) is 0 Å². The summed E-state index contributed by atoms with van der Waals surface area (Å²) in [5, 5.41) is 0. The highest BCUT2D eigenvalue weighted by molar-refractivity contribution is 5.94. The number of carbonyl (C=O) groups is 2. The molecule has 0 unspecified atom stereocenters. The van der Waals surface area contributed by atoms with Crippen molar-refractivity contribution in [2.24, 2.45) is 5.92 Å². The summed E-state index contributed by atoms with van der Waals surface area (Å²) < 4.78 is 5.44. The summed E-state index contributed by atoms with van der Waals surface area (Å²) >= 11 is 0. The highest BCUT2D eigenvalue weighted by Crippen LogP contribution is 2.32. The molecular weight excluding hydrogens is 218 g/mol. The SMILES string of the molecule is CCC(C)(C)OC(=O)N1CC2=CC(=O)C[C@@H]2C1. The van der Waals surface area contributed by atoms with Gasteiger partial charge in [0.15, 0.2) is 5.78 Å². The number of amides is 1. The van der Waals surface area contributed by atoms with Crippen LogP contribution in [0.3, 0.4) is 0 Å². The van der Waals surface area contributed by atoms with Gasteiger partial charge in [0.1, 0.15) is 5.60 Å². The van der Waals surface area contributed by atoms with Gasteiger partial charge in [-0.2, -0.15) is 0 Å². The second-order valence-corrected chi connectivity index (χ2v) is 5.45. The molecule has 0 bridgehead atoms. The second-order valence-electron chi connectivity index (χ2n) is 5.45. The Bertz CT molecular complexity index is 384. The van der Waals surface area contributed by atoms with Gasteiger partial charge >= 0.3 is 6.09 Å². The number of ether oxygens (including phenoxy) is 1. The van der Waals surface area contributed by atoms with Gasteiger partial charge in [-0.3, -0.25) is 4.79 Å². The first-order chi connectivity index (χ1) is 7.91. The highest BCUT2D eigenvalue weighted by atomic mass is 16.6. The maximum atomic E-state index is 11.9. The third-order valence-corrected chi connectivity index (χ3v) is 3.61. The largest absolute Gasteiger partial charge is 0.443 e. The van der Waals surface area contributed by atoms with Crippen molar-refractivity contribution < 1.29 is 14.3 Å². The van der Waals surface area contributed by atoms with Crippen molar-refractivity contribution in [3.05, 3.63) is 11.6 Å². The highest BCUT2D eigenvalue weighted by Gasteiger charge is 2.37. The number of ketones is 1. The first-order valence-electron chi connectivity index (χ1n) is 6.12. The van der Waals surface area contributed by atoms with E-state index in [2.05, 4.69) is 0 Å². The van der Waals surface area contributed by atoms with E-state index in [-0.39, 0.29) is 17.8 Å². The summed E-state index contributed by atoms with van der Waals surface area (Å²) in [5.41, 5.74) is 0.667. The molecule has 2 aliphatic rings. The predicted molar refractivity (Wildman–Crippen MR) is 63.6 cm³/mol. The third kappa shape index (κ3) is 2.51. The molecule has 1 saturated heterocycles. The third-order valence-electron chi connectivity index (χ3n) is 3.61. The zero-order valence-corrected chi connectivity index (χ0v) is 10.7. The lowest BCUT2D eigenvalue weighted by atomic mass is 10.1. The maximum Gasteiger partial charge on any atom is 0.410 e. The van der Waals surface area contributed by atoms with Crippen molar-refractivity contribution in [3.63, 3.8) is 0 Å². The van der Waals surface area contributed by atoms with Crippen molar-refractivity contribution in [1.82, 2.24) is 4.90 Å². The number of allylic oxidation sites excluding steroid dienone is 1. The molecule has 0 aromatic heterocycles. The van der Waals surface area contributed by atoms with Crippen LogP contribution < -0.4 is 0 Å². The number of hydrogen-bond donors (Lipinski definition) is 0. The van der Waals surface area contributed by atoms with Gasteiger partial charge in [-0.25, -0.2) is 4.79 Å². The molecule has 94 valence electrons. The smallest absolute Gasteiger partial charge is 0.410 e. The molecule has 0 radical (unpaired) electrons. The average molecular weight is 237 g/mol. The topological polar surface area (TPSA) is 46.6 Å². The van der Waals surface area contributed by atoms with Gasteiger partial charge in [-0.1, -0.05) is 6.92 Å². The monoisotopic (exact) mass is 237 g/mol. The molecular formula is C13H19NO3. The van der Waals surface area contributed by atoms with Gasteiger partial charge < -0.3 is 9.64 Å². The van der Waals surface area contributed by atoms with Crippen LogP contribution in [-0.2, 0) is 9.53 Å². The van der Waals surface area contributed by atoms with E-state index >= 15 is 0 Å². The number of rotatable bonds is 2. The van der Waals surface area contributed by atoms with E-state index in [0.29, 0.717) is 19.5 Å². The van der Waals surface area contributed by atoms with E-state index in [0.717, 1.165) is 12.0 Å². The molecule has 0 aromatic rings. The van der Waals surface area contributed by atoms with E-state index in [1.54, 1.807) is 11.0 Å². The second kappa shape index (κ2) is 4.17. The van der Waals surface area contributed by atoms with E-state index in [9.17, 15) is 9.59 Å². The standard InChI is InChI=1S/C13H19NO3/c1-4-13(2,3)17-12(16)14-7-9-5-11(15)6-10(9)8-14/h5,10H,4,6-8H2,1-3H3/t10-/m1/s1.